The minimum atomic E-state index is -0.339. The lowest BCUT2D eigenvalue weighted by molar-refractivity contribution is -0.123. The van der Waals surface area contributed by atoms with Crippen LogP contribution >= 0.6 is 31.9 Å². The first-order chi connectivity index (χ1) is 14.8. The summed E-state index contributed by atoms with van der Waals surface area (Å²) >= 11 is 7.20. The van der Waals surface area contributed by atoms with E-state index < -0.39 is 0 Å². The minimum Gasteiger partial charge on any atom is -0.497 e. The number of methoxy groups -OCH3 is 1. The molecule has 0 aromatic heterocycles. The first kappa shape index (κ1) is 26.4. The highest BCUT2D eigenvalue weighted by molar-refractivity contribution is 9.11. The van der Waals surface area contributed by atoms with Crippen molar-refractivity contribution < 1.29 is 14.3 Å². The number of ether oxygens (including phenoxy) is 2. The van der Waals surface area contributed by atoms with Crippen molar-refractivity contribution in [3.63, 3.8) is 0 Å². The van der Waals surface area contributed by atoms with Crippen LogP contribution in [0.3, 0.4) is 0 Å². The van der Waals surface area contributed by atoms with E-state index in [9.17, 15) is 4.79 Å². The smallest absolute Gasteiger partial charge is 0.277 e. The Balaban J connectivity index is 2.03. The number of hydrazone groups is 1. The number of carbonyl (C=O) groups excluding carboxylic acids is 1. The molecule has 0 spiro atoms. The standard InChI is InChI=1S/C25H32Br2N2O3/c1-16(17-8-10-19(31-7)11-9-17)28-29-22(30)14-32-23-20(26)12-18(13-21(23)27)25(5,6)15-24(2,3)4/h8-13H,14-15H2,1-7H3,(H,29,30)/b28-16+. The second-order valence-corrected chi connectivity index (χ2v) is 11.3. The zero-order valence-corrected chi connectivity index (χ0v) is 23.0. The van der Waals surface area contributed by atoms with Gasteiger partial charge in [0.1, 0.15) is 11.5 Å². The highest BCUT2D eigenvalue weighted by Crippen LogP contribution is 2.42. The van der Waals surface area contributed by atoms with Crippen LogP contribution in [0.5, 0.6) is 11.5 Å². The molecule has 0 saturated carbocycles. The molecule has 0 heterocycles. The normalized spacial score (nSPS) is 12.5. The van der Waals surface area contributed by atoms with Crippen LogP contribution in [0.25, 0.3) is 0 Å². The number of nitrogens with one attached hydrogen (secondary N) is 1. The Bertz CT molecular complexity index is 955. The van der Waals surface area contributed by atoms with Crippen molar-refractivity contribution >= 4 is 43.5 Å². The lowest BCUT2D eigenvalue weighted by Crippen LogP contribution is -2.26. The van der Waals surface area contributed by atoms with Gasteiger partial charge in [0.2, 0.25) is 0 Å². The van der Waals surface area contributed by atoms with Gasteiger partial charge >= 0.3 is 0 Å². The fourth-order valence-corrected chi connectivity index (χ4v) is 5.14. The first-order valence-corrected chi connectivity index (χ1v) is 12.0. The maximum absolute atomic E-state index is 12.3. The van der Waals surface area contributed by atoms with E-state index >= 15 is 0 Å². The Morgan fingerprint density at radius 3 is 2.09 bits per heavy atom. The van der Waals surface area contributed by atoms with Gasteiger partial charge in [0.25, 0.3) is 5.91 Å². The van der Waals surface area contributed by atoms with E-state index in [4.69, 9.17) is 9.47 Å². The van der Waals surface area contributed by atoms with Crippen molar-refractivity contribution in [1.82, 2.24) is 5.43 Å². The molecule has 1 amide bonds. The molecule has 5 nitrogen and oxygen atoms in total. The highest BCUT2D eigenvalue weighted by atomic mass is 79.9. The summed E-state index contributed by atoms with van der Waals surface area (Å²) in [5.74, 6) is 1.02. The average molecular weight is 568 g/mol. The third-order valence-electron chi connectivity index (χ3n) is 4.96. The third-order valence-corrected chi connectivity index (χ3v) is 6.13. The topological polar surface area (TPSA) is 59.9 Å². The summed E-state index contributed by atoms with van der Waals surface area (Å²) < 4.78 is 12.5. The monoisotopic (exact) mass is 566 g/mol. The van der Waals surface area contributed by atoms with E-state index in [1.54, 1.807) is 7.11 Å². The minimum absolute atomic E-state index is 0.00705. The SMILES string of the molecule is COc1ccc(/C(C)=N/NC(=O)COc2c(Br)cc(C(C)(C)CC(C)(C)C)cc2Br)cc1. The number of halogens is 2. The molecule has 0 aliphatic heterocycles. The molecule has 2 aromatic rings. The van der Waals surface area contributed by atoms with E-state index in [1.807, 2.05) is 31.2 Å². The van der Waals surface area contributed by atoms with Gasteiger partial charge in [0, 0.05) is 0 Å². The molecule has 0 saturated heterocycles. The molecule has 0 atom stereocenters. The Kier molecular flexibility index (Phi) is 8.94. The molecule has 0 radical (unpaired) electrons. The second-order valence-electron chi connectivity index (χ2n) is 9.64. The van der Waals surface area contributed by atoms with Crippen LogP contribution in [0.1, 0.15) is 59.1 Å². The van der Waals surface area contributed by atoms with Gasteiger partial charge in [-0.25, -0.2) is 5.43 Å². The highest BCUT2D eigenvalue weighted by Gasteiger charge is 2.28. The van der Waals surface area contributed by atoms with Gasteiger partial charge < -0.3 is 9.47 Å². The predicted octanol–water partition coefficient (Wildman–Crippen LogP) is 6.85. The lowest BCUT2D eigenvalue weighted by atomic mass is 9.72. The molecule has 174 valence electrons. The van der Waals surface area contributed by atoms with Gasteiger partial charge in [0.15, 0.2) is 6.61 Å². The lowest BCUT2D eigenvalue weighted by Gasteiger charge is -2.33. The van der Waals surface area contributed by atoms with Crippen LogP contribution in [0.15, 0.2) is 50.4 Å². The van der Waals surface area contributed by atoms with Gasteiger partial charge in [-0.05, 0) is 104 Å². The van der Waals surface area contributed by atoms with Gasteiger partial charge in [-0.15, -0.1) is 0 Å². The summed E-state index contributed by atoms with van der Waals surface area (Å²) in [4.78, 5) is 12.3. The number of amides is 1. The summed E-state index contributed by atoms with van der Waals surface area (Å²) in [6.07, 6.45) is 1.03. The number of hydrogen-bond donors (Lipinski definition) is 1. The predicted molar refractivity (Wildman–Crippen MR) is 138 cm³/mol. The van der Waals surface area contributed by atoms with E-state index in [0.717, 1.165) is 26.7 Å². The summed E-state index contributed by atoms with van der Waals surface area (Å²) in [5, 5.41) is 4.16. The zero-order valence-electron chi connectivity index (χ0n) is 19.8. The molecule has 7 heteroatoms. The number of carbonyl (C=O) groups is 1. The van der Waals surface area contributed by atoms with Crippen LogP contribution in [-0.2, 0) is 10.2 Å². The van der Waals surface area contributed by atoms with Crippen LogP contribution in [0.4, 0.5) is 0 Å². The Morgan fingerprint density at radius 1 is 1.03 bits per heavy atom. The average Bonchev–Trinajstić information content (AvgIpc) is 2.69. The van der Waals surface area contributed by atoms with Crippen molar-refractivity contribution in [2.24, 2.45) is 10.5 Å². The summed E-state index contributed by atoms with van der Waals surface area (Å²) in [7, 11) is 1.62. The van der Waals surface area contributed by atoms with E-state index in [1.165, 1.54) is 5.56 Å². The fourth-order valence-electron chi connectivity index (χ4n) is 3.73. The molecule has 32 heavy (non-hydrogen) atoms. The van der Waals surface area contributed by atoms with Gasteiger partial charge in [-0.2, -0.15) is 5.10 Å². The van der Waals surface area contributed by atoms with Gasteiger partial charge in [-0.3, -0.25) is 4.79 Å². The number of nitrogens with zero attached hydrogens (tertiary/aromatic N) is 1. The maximum Gasteiger partial charge on any atom is 0.277 e. The Morgan fingerprint density at radius 2 is 1.59 bits per heavy atom. The molecule has 0 fully saturated rings. The fraction of sp³-hybridized carbons (Fsp3) is 0.440. The van der Waals surface area contributed by atoms with Crippen LogP contribution < -0.4 is 14.9 Å². The summed E-state index contributed by atoms with van der Waals surface area (Å²) in [6.45, 7) is 12.9. The molecule has 2 aromatic carbocycles. The molecule has 0 unspecified atom stereocenters. The maximum atomic E-state index is 12.3. The molecule has 0 bridgehead atoms. The molecule has 0 aliphatic carbocycles. The van der Waals surface area contributed by atoms with Crippen molar-refractivity contribution in [3.8, 4) is 11.5 Å². The van der Waals surface area contributed by atoms with Crippen LogP contribution in [0.2, 0.25) is 0 Å². The molecule has 1 N–H and O–H groups in total. The number of hydrogen-bond acceptors (Lipinski definition) is 4. The largest absolute Gasteiger partial charge is 0.497 e. The Labute approximate surface area is 208 Å². The third kappa shape index (κ3) is 7.62. The van der Waals surface area contributed by atoms with Gasteiger partial charge in [-0.1, -0.05) is 34.6 Å². The van der Waals surface area contributed by atoms with Crippen molar-refractivity contribution in [1.29, 1.82) is 0 Å². The van der Waals surface area contributed by atoms with E-state index in [2.05, 4.69) is 89.1 Å². The van der Waals surface area contributed by atoms with E-state index in [-0.39, 0.29) is 23.3 Å². The van der Waals surface area contributed by atoms with Gasteiger partial charge in [0.05, 0.1) is 21.8 Å². The number of benzene rings is 2. The molecule has 0 aliphatic rings. The Hall–Kier alpha value is -1.86. The van der Waals surface area contributed by atoms with Crippen molar-refractivity contribution in [3.05, 3.63) is 56.5 Å². The van der Waals surface area contributed by atoms with Crippen molar-refractivity contribution in [2.75, 3.05) is 13.7 Å². The molecular weight excluding hydrogens is 536 g/mol. The molecule has 2 rings (SSSR count). The van der Waals surface area contributed by atoms with Crippen LogP contribution in [0, 0.1) is 5.41 Å². The second kappa shape index (κ2) is 10.8. The zero-order chi connectivity index (χ0) is 24.1. The summed E-state index contributed by atoms with van der Waals surface area (Å²) in [6, 6.07) is 11.6. The molecular formula is C25H32Br2N2O3. The summed E-state index contributed by atoms with van der Waals surface area (Å²) in [5.41, 5.74) is 5.52. The van der Waals surface area contributed by atoms with Crippen molar-refractivity contribution in [2.45, 2.75) is 53.4 Å². The first-order valence-electron chi connectivity index (χ1n) is 10.4. The quantitative estimate of drug-likeness (QED) is 0.280. The van der Waals surface area contributed by atoms with E-state index in [0.29, 0.717) is 11.5 Å². The number of rotatable bonds is 8. The van der Waals surface area contributed by atoms with Crippen LogP contribution in [-0.4, -0.2) is 25.3 Å².